The van der Waals surface area contributed by atoms with Crippen LogP contribution in [-0.2, 0) is 10.0 Å². The Morgan fingerprint density at radius 2 is 1.94 bits per heavy atom. The molecule has 0 unspecified atom stereocenters. The number of ether oxygens (including phenoxy) is 1. The highest BCUT2D eigenvalue weighted by molar-refractivity contribution is 7.89. The van der Waals surface area contributed by atoms with E-state index in [0.29, 0.717) is 11.7 Å². The number of pyridine rings is 1. The SMILES string of the molecule is COc1ccc(C)cc1S(=O)(=O)NC1CCC(CNc2nc(-c3ccccn3)cs2)CC1. The van der Waals surface area contributed by atoms with Crippen molar-refractivity contribution in [2.75, 3.05) is 19.0 Å². The molecule has 9 heteroatoms. The predicted octanol–water partition coefficient (Wildman–Crippen LogP) is 4.47. The van der Waals surface area contributed by atoms with Crippen molar-refractivity contribution in [3.63, 3.8) is 0 Å². The van der Waals surface area contributed by atoms with Crippen molar-refractivity contribution in [3.8, 4) is 17.1 Å². The van der Waals surface area contributed by atoms with E-state index in [4.69, 9.17) is 4.74 Å². The Morgan fingerprint density at radius 1 is 1.12 bits per heavy atom. The fourth-order valence-electron chi connectivity index (χ4n) is 3.98. The Hall–Kier alpha value is -2.49. The number of methoxy groups -OCH3 is 1. The number of benzene rings is 1. The van der Waals surface area contributed by atoms with Crippen LogP contribution in [-0.4, -0.2) is 38.1 Å². The lowest BCUT2D eigenvalue weighted by Crippen LogP contribution is -2.38. The summed E-state index contributed by atoms with van der Waals surface area (Å²) < 4.78 is 34.0. The molecule has 0 bridgehead atoms. The fourth-order valence-corrected chi connectivity index (χ4v) is 6.25. The zero-order valence-electron chi connectivity index (χ0n) is 18.2. The smallest absolute Gasteiger partial charge is 0.244 e. The van der Waals surface area contributed by atoms with E-state index in [1.807, 2.05) is 36.6 Å². The summed E-state index contributed by atoms with van der Waals surface area (Å²) in [4.78, 5) is 9.17. The molecule has 1 saturated carbocycles. The first-order chi connectivity index (χ1) is 15.4. The number of aryl methyl sites for hydroxylation is 1. The number of nitrogens with one attached hydrogen (secondary N) is 2. The van der Waals surface area contributed by atoms with Crippen molar-refractivity contribution in [3.05, 3.63) is 53.5 Å². The number of hydrogen-bond donors (Lipinski definition) is 2. The summed E-state index contributed by atoms with van der Waals surface area (Å²) in [6.07, 6.45) is 5.32. The van der Waals surface area contributed by atoms with Gasteiger partial charge in [-0.1, -0.05) is 12.1 Å². The average molecular weight is 473 g/mol. The molecule has 2 N–H and O–H groups in total. The minimum atomic E-state index is -3.63. The van der Waals surface area contributed by atoms with Crippen LogP contribution >= 0.6 is 11.3 Å². The van der Waals surface area contributed by atoms with Gasteiger partial charge in [-0.25, -0.2) is 18.1 Å². The highest BCUT2D eigenvalue weighted by Crippen LogP contribution is 2.29. The summed E-state index contributed by atoms with van der Waals surface area (Å²) in [6, 6.07) is 10.9. The minimum Gasteiger partial charge on any atom is -0.495 e. The third-order valence-electron chi connectivity index (χ3n) is 5.75. The van der Waals surface area contributed by atoms with Gasteiger partial charge < -0.3 is 10.1 Å². The minimum absolute atomic E-state index is 0.0583. The first-order valence-electron chi connectivity index (χ1n) is 10.7. The third-order valence-corrected chi connectivity index (χ3v) is 8.09. The van der Waals surface area contributed by atoms with Crippen molar-refractivity contribution in [1.82, 2.24) is 14.7 Å². The molecule has 3 aromatic rings. The molecule has 1 aromatic carbocycles. The maximum Gasteiger partial charge on any atom is 0.244 e. The fraction of sp³-hybridized carbons (Fsp3) is 0.391. The topological polar surface area (TPSA) is 93.2 Å². The van der Waals surface area contributed by atoms with Crippen LogP contribution in [0.15, 0.2) is 52.9 Å². The van der Waals surface area contributed by atoms with Crippen molar-refractivity contribution in [2.45, 2.75) is 43.5 Å². The van der Waals surface area contributed by atoms with E-state index in [0.717, 1.165) is 54.3 Å². The average Bonchev–Trinajstić information content (AvgIpc) is 3.28. The van der Waals surface area contributed by atoms with E-state index in [2.05, 4.69) is 20.0 Å². The maximum absolute atomic E-state index is 12.9. The zero-order valence-corrected chi connectivity index (χ0v) is 19.9. The van der Waals surface area contributed by atoms with E-state index < -0.39 is 10.0 Å². The summed E-state index contributed by atoms with van der Waals surface area (Å²) in [7, 11) is -2.14. The summed E-state index contributed by atoms with van der Waals surface area (Å²) in [5, 5.41) is 6.34. The molecule has 0 atom stereocenters. The van der Waals surface area contributed by atoms with Gasteiger partial charge in [0.25, 0.3) is 0 Å². The van der Waals surface area contributed by atoms with Gasteiger partial charge in [0.15, 0.2) is 5.13 Å². The summed E-state index contributed by atoms with van der Waals surface area (Å²) in [5.41, 5.74) is 2.63. The van der Waals surface area contributed by atoms with Gasteiger partial charge in [-0.3, -0.25) is 4.98 Å². The molecule has 32 heavy (non-hydrogen) atoms. The first kappa shape index (κ1) is 22.7. The molecule has 0 saturated heterocycles. The predicted molar refractivity (Wildman–Crippen MR) is 128 cm³/mol. The molecule has 4 rings (SSSR count). The molecule has 1 fully saturated rings. The van der Waals surface area contributed by atoms with Crippen LogP contribution in [0.3, 0.4) is 0 Å². The molecule has 0 aliphatic heterocycles. The van der Waals surface area contributed by atoms with Crippen LogP contribution < -0.4 is 14.8 Å². The van der Waals surface area contributed by atoms with E-state index in [-0.39, 0.29) is 10.9 Å². The molecule has 0 radical (unpaired) electrons. The van der Waals surface area contributed by atoms with E-state index in [1.165, 1.54) is 7.11 Å². The molecule has 0 spiro atoms. The zero-order chi connectivity index (χ0) is 22.6. The second kappa shape index (κ2) is 9.97. The number of anilines is 1. The van der Waals surface area contributed by atoms with Crippen molar-refractivity contribution < 1.29 is 13.2 Å². The van der Waals surface area contributed by atoms with Gasteiger partial charge in [0.1, 0.15) is 16.3 Å². The van der Waals surface area contributed by atoms with Gasteiger partial charge in [-0.2, -0.15) is 0 Å². The quantitative estimate of drug-likeness (QED) is 0.502. The van der Waals surface area contributed by atoms with E-state index >= 15 is 0 Å². The molecule has 2 aromatic heterocycles. The molecular weight excluding hydrogens is 444 g/mol. The normalized spacial score (nSPS) is 18.9. The number of nitrogens with zero attached hydrogens (tertiary/aromatic N) is 2. The van der Waals surface area contributed by atoms with E-state index in [9.17, 15) is 8.42 Å². The van der Waals surface area contributed by atoms with Gasteiger partial charge in [-0.05, 0) is 68.4 Å². The van der Waals surface area contributed by atoms with Gasteiger partial charge >= 0.3 is 0 Å². The number of hydrogen-bond acceptors (Lipinski definition) is 7. The monoisotopic (exact) mass is 472 g/mol. The molecule has 7 nitrogen and oxygen atoms in total. The Labute approximate surface area is 193 Å². The number of sulfonamides is 1. The Bertz CT molecular complexity index is 1140. The summed E-state index contributed by atoms with van der Waals surface area (Å²) >= 11 is 1.58. The Morgan fingerprint density at radius 3 is 2.66 bits per heavy atom. The molecule has 170 valence electrons. The van der Waals surface area contributed by atoms with Crippen LogP contribution in [0.4, 0.5) is 5.13 Å². The Kier molecular flexibility index (Phi) is 7.07. The standard InChI is InChI=1S/C23H28N4O3S2/c1-16-6-11-21(30-2)22(13-16)32(28,29)27-18-9-7-17(8-10-18)14-25-23-26-20(15-31-23)19-5-3-4-12-24-19/h3-6,11-13,15,17-18,27H,7-10,14H2,1-2H3,(H,25,26). The van der Waals surface area contributed by atoms with Crippen LogP contribution in [0.2, 0.25) is 0 Å². The lowest BCUT2D eigenvalue weighted by Gasteiger charge is -2.29. The second-order valence-corrected chi connectivity index (χ2v) is 10.7. The largest absolute Gasteiger partial charge is 0.495 e. The third kappa shape index (κ3) is 5.46. The summed E-state index contributed by atoms with van der Waals surface area (Å²) in [5.74, 6) is 0.862. The van der Waals surface area contributed by atoms with Crippen LogP contribution in [0.1, 0.15) is 31.2 Å². The van der Waals surface area contributed by atoms with Gasteiger partial charge in [-0.15, -0.1) is 11.3 Å². The van der Waals surface area contributed by atoms with E-state index in [1.54, 1.807) is 29.7 Å². The van der Waals surface area contributed by atoms with Crippen LogP contribution in [0.25, 0.3) is 11.4 Å². The molecule has 2 heterocycles. The highest BCUT2D eigenvalue weighted by Gasteiger charge is 2.27. The molecule has 1 aliphatic carbocycles. The lowest BCUT2D eigenvalue weighted by molar-refractivity contribution is 0.323. The number of rotatable bonds is 8. The van der Waals surface area contributed by atoms with Gasteiger partial charge in [0.05, 0.1) is 12.8 Å². The van der Waals surface area contributed by atoms with Crippen molar-refractivity contribution in [2.24, 2.45) is 5.92 Å². The molecule has 1 aliphatic rings. The van der Waals surface area contributed by atoms with Gasteiger partial charge in [0, 0.05) is 24.2 Å². The van der Waals surface area contributed by atoms with Gasteiger partial charge in [0.2, 0.25) is 10.0 Å². The second-order valence-electron chi connectivity index (χ2n) is 8.13. The van der Waals surface area contributed by atoms with Crippen LogP contribution in [0, 0.1) is 12.8 Å². The lowest BCUT2D eigenvalue weighted by atomic mass is 9.86. The highest BCUT2D eigenvalue weighted by atomic mass is 32.2. The van der Waals surface area contributed by atoms with Crippen LogP contribution in [0.5, 0.6) is 5.75 Å². The Balaban J connectivity index is 1.28. The van der Waals surface area contributed by atoms with Crippen molar-refractivity contribution >= 4 is 26.5 Å². The first-order valence-corrected chi connectivity index (χ1v) is 13.1. The molecule has 0 amide bonds. The summed E-state index contributed by atoms with van der Waals surface area (Å²) in [6.45, 7) is 2.71. The maximum atomic E-state index is 12.9. The van der Waals surface area contributed by atoms with Crippen molar-refractivity contribution in [1.29, 1.82) is 0 Å². The molecular formula is C23H28N4O3S2. The number of aromatic nitrogens is 2. The number of thiazole rings is 1.